The molecule has 2 rings (SSSR count). The number of carbonyl (C=O) groups excluding carboxylic acids is 1. The zero-order valence-corrected chi connectivity index (χ0v) is 15.5. The predicted octanol–water partition coefficient (Wildman–Crippen LogP) is 3.96. The number of rotatable bonds is 8. The molecule has 25 heavy (non-hydrogen) atoms. The van der Waals surface area contributed by atoms with Gasteiger partial charge in [-0.3, -0.25) is 4.79 Å². The number of nitrogens with one attached hydrogen (secondary N) is 1. The highest BCUT2D eigenvalue weighted by atomic mass is 16.5. The van der Waals surface area contributed by atoms with E-state index in [1.807, 2.05) is 64.1 Å². The standard InChI is InChI=1S/C21H27NO3/c1-5-20(25-19-13-16(3)12-17(4)14-19)21(23)22-10-11-24-18-8-6-15(2)7-9-18/h6-9,12-14,20H,5,10-11H2,1-4H3,(H,22,23)/t20-/m1/s1. The first kappa shape index (κ1) is 18.8. The number of hydrogen-bond acceptors (Lipinski definition) is 3. The summed E-state index contributed by atoms with van der Waals surface area (Å²) in [5.74, 6) is 1.42. The quantitative estimate of drug-likeness (QED) is 0.739. The van der Waals surface area contributed by atoms with Crippen molar-refractivity contribution in [2.45, 2.75) is 40.2 Å². The minimum absolute atomic E-state index is 0.117. The van der Waals surface area contributed by atoms with Crippen molar-refractivity contribution in [1.29, 1.82) is 0 Å². The molecule has 0 aliphatic rings. The van der Waals surface area contributed by atoms with Crippen LogP contribution in [0.4, 0.5) is 0 Å². The summed E-state index contributed by atoms with van der Waals surface area (Å²) in [6.07, 6.45) is 0.109. The van der Waals surface area contributed by atoms with E-state index in [4.69, 9.17) is 9.47 Å². The Morgan fingerprint density at radius 1 is 0.960 bits per heavy atom. The fraction of sp³-hybridized carbons (Fsp3) is 0.381. The summed E-state index contributed by atoms with van der Waals surface area (Å²) in [6, 6.07) is 13.8. The van der Waals surface area contributed by atoms with E-state index in [-0.39, 0.29) is 5.91 Å². The van der Waals surface area contributed by atoms with Crippen molar-refractivity contribution in [3.63, 3.8) is 0 Å². The third kappa shape index (κ3) is 6.14. The maximum absolute atomic E-state index is 12.3. The van der Waals surface area contributed by atoms with Gasteiger partial charge in [0, 0.05) is 0 Å². The van der Waals surface area contributed by atoms with E-state index in [0.29, 0.717) is 19.6 Å². The maximum atomic E-state index is 12.3. The van der Waals surface area contributed by atoms with Gasteiger partial charge >= 0.3 is 0 Å². The van der Waals surface area contributed by atoms with E-state index in [1.54, 1.807) is 0 Å². The Hall–Kier alpha value is -2.49. The molecule has 0 spiro atoms. The highest BCUT2D eigenvalue weighted by molar-refractivity contribution is 5.81. The number of aryl methyl sites for hydroxylation is 3. The molecular weight excluding hydrogens is 314 g/mol. The van der Waals surface area contributed by atoms with Gasteiger partial charge in [-0.05, 0) is 62.6 Å². The van der Waals surface area contributed by atoms with Gasteiger partial charge in [-0.15, -0.1) is 0 Å². The molecule has 2 aromatic rings. The van der Waals surface area contributed by atoms with E-state index in [9.17, 15) is 4.79 Å². The van der Waals surface area contributed by atoms with Gasteiger partial charge in [0.25, 0.3) is 5.91 Å². The number of hydrogen-bond donors (Lipinski definition) is 1. The number of carbonyl (C=O) groups is 1. The van der Waals surface area contributed by atoms with Gasteiger partial charge in [0.1, 0.15) is 18.1 Å². The zero-order valence-electron chi connectivity index (χ0n) is 15.5. The van der Waals surface area contributed by atoms with Gasteiger partial charge in [0.2, 0.25) is 0 Å². The van der Waals surface area contributed by atoms with Gasteiger partial charge < -0.3 is 14.8 Å². The molecule has 0 aliphatic heterocycles. The zero-order chi connectivity index (χ0) is 18.2. The molecule has 0 aromatic heterocycles. The molecule has 0 fully saturated rings. The second-order valence-electron chi connectivity index (χ2n) is 6.29. The van der Waals surface area contributed by atoms with E-state index in [2.05, 4.69) is 11.4 Å². The summed E-state index contributed by atoms with van der Waals surface area (Å²) in [7, 11) is 0. The van der Waals surface area contributed by atoms with Crippen LogP contribution in [0, 0.1) is 20.8 Å². The monoisotopic (exact) mass is 341 g/mol. The van der Waals surface area contributed by atoms with E-state index in [0.717, 1.165) is 22.6 Å². The molecule has 0 radical (unpaired) electrons. The normalized spacial score (nSPS) is 11.7. The van der Waals surface area contributed by atoms with Crippen LogP contribution >= 0.6 is 0 Å². The summed E-state index contributed by atoms with van der Waals surface area (Å²) >= 11 is 0. The number of ether oxygens (including phenoxy) is 2. The Kier molecular flexibility index (Phi) is 6.87. The van der Waals surface area contributed by atoms with E-state index >= 15 is 0 Å². The lowest BCUT2D eigenvalue weighted by Crippen LogP contribution is -2.39. The molecule has 0 aliphatic carbocycles. The third-order valence-corrected chi connectivity index (χ3v) is 3.83. The predicted molar refractivity (Wildman–Crippen MR) is 100 cm³/mol. The van der Waals surface area contributed by atoms with Crippen molar-refractivity contribution < 1.29 is 14.3 Å². The maximum Gasteiger partial charge on any atom is 0.261 e. The highest BCUT2D eigenvalue weighted by Crippen LogP contribution is 2.18. The Morgan fingerprint density at radius 2 is 1.60 bits per heavy atom. The largest absolute Gasteiger partial charge is 0.492 e. The van der Waals surface area contributed by atoms with E-state index in [1.165, 1.54) is 5.56 Å². The molecule has 0 heterocycles. The lowest BCUT2D eigenvalue weighted by molar-refractivity contribution is -0.128. The molecule has 2 aromatic carbocycles. The van der Waals surface area contributed by atoms with Crippen molar-refractivity contribution >= 4 is 5.91 Å². The summed E-state index contributed by atoms with van der Waals surface area (Å²) in [5, 5.41) is 2.88. The average Bonchev–Trinajstić information content (AvgIpc) is 2.57. The number of benzene rings is 2. The second-order valence-corrected chi connectivity index (χ2v) is 6.29. The van der Waals surface area contributed by atoms with Crippen LogP contribution in [0.1, 0.15) is 30.0 Å². The van der Waals surface area contributed by atoms with Crippen LogP contribution in [0.5, 0.6) is 11.5 Å². The Morgan fingerprint density at radius 3 is 2.20 bits per heavy atom. The van der Waals surface area contributed by atoms with Crippen LogP contribution in [0.2, 0.25) is 0 Å². The smallest absolute Gasteiger partial charge is 0.261 e. The molecule has 134 valence electrons. The van der Waals surface area contributed by atoms with Gasteiger partial charge in [-0.25, -0.2) is 0 Å². The lowest BCUT2D eigenvalue weighted by atomic mass is 10.1. The molecule has 0 saturated carbocycles. The fourth-order valence-electron chi connectivity index (χ4n) is 2.58. The second kappa shape index (κ2) is 9.11. The average molecular weight is 341 g/mol. The fourth-order valence-corrected chi connectivity index (χ4v) is 2.58. The molecule has 0 saturated heterocycles. The Labute approximate surface area is 150 Å². The third-order valence-electron chi connectivity index (χ3n) is 3.83. The van der Waals surface area contributed by atoms with Crippen molar-refractivity contribution in [3.05, 3.63) is 59.2 Å². The molecular formula is C21H27NO3. The minimum atomic E-state index is -0.499. The van der Waals surface area contributed by atoms with Crippen LogP contribution in [0.3, 0.4) is 0 Å². The molecule has 0 bridgehead atoms. The van der Waals surface area contributed by atoms with E-state index < -0.39 is 6.10 Å². The molecule has 4 heteroatoms. The van der Waals surface area contributed by atoms with Gasteiger partial charge in [-0.1, -0.05) is 30.7 Å². The van der Waals surface area contributed by atoms with Crippen molar-refractivity contribution in [3.8, 4) is 11.5 Å². The van der Waals surface area contributed by atoms with Crippen molar-refractivity contribution in [2.75, 3.05) is 13.2 Å². The Balaban J connectivity index is 1.80. The number of amides is 1. The summed E-state index contributed by atoms with van der Waals surface area (Å²) < 4.78 is 11.5. The van der Waals surface area contributed by atoms with Crippen molar-refractivity contribution in [1.82, 2.24) is 5.32 Å². The van der Waals surface area contributed by atoms with Gasteiger partial charge in [0.15, 0.2) is 6.10 Å². The molecule has 0 unspecified atom stereocenters. The van der Waals surface area contributed by atoms with Crippen LogP contribution in [0.15, 0.2) is 42.5 Å². The molecule has 1 atom stereocenters. The molecule has 1 amide bonds. The van der Waals surface area contributed by atoms with Crippen LogP contribution < -0.4 is 14.8 Å². The topological polar surface area (TPSA) is 47.6 Å². The SMILES string of the molecule is CC[C@@H](Oc1cc(C)cc(C)c1)C(=O)NCCOc1ccc(C)cc1. The summed E-state index contributed by atoms with van der Waals surface area (Å²) in [6.45, 7) is 8.88. The minimum Gasteiger partial charge on any atom is -0.492 e. The first-order valence-corrected chi connectivity index (χ1v) is 8.70. The van der Waals surface area contributed by atoms with Gasteiger partial charge in [-0.2, -0.15) is 0 Å². The van der Waals surface area contributed by atoms with Gasteiger partial charge in [0.05, 0.1) is 6.54 Å². The first-order chi connectivity index (χ1) is 12.0. The summed E-state index contributed by atoms with van der Waals surface area (Å²) in [5.41, 5.74) is 3.43. The van der Waals surface area contributed by atoms with Crippen LogP contribution in [0.25, 0.3) is 0 Å². The Bertz CT molecular complexity index is 675. The highest BCUT2D eigenvalue weighted by Gasteiger charge is 2.18. The van der Waals surface area contributed by atoms with Crippen LogP contribution in [-0.4, -0.2) is 25.2 Å². The summed E-state index contributed by atoms with van der Waals surface area (Å²) in [4.78, 5) is 12.3. The molecule has 1 N–H and O–H groups in total. The first-order valence-electron chi connectivity index (χ1n) is 8.70. The molecule has 4 nitrogen and oxygen atoms in total. The van der Waals surface area contributed by atoms with Crippen LogP contribution in [-0.2, 0) is 4.79 Å². The van der Waals surface area contributed by atoms with Crippen molar-refractivity contribution in [2.24, 2.45) is 0 Å². The lowest BCUT2D eigenvalue weighted by Gasteiger charge is -2.18.